The fourth-order valence-electron chi connectivity index (χ4n) is 2.70. The second-order valence-electron chi connectivity index (χ2n) is 6.98. The Balaban J connectivity index is 2.08. The molecule has 2 rings (SSSR count). The number of amides is 1. The van der Waals surface area contributed by atoms with E-state index in [1.807, 2.05) is 45.9 Å². The smallest absolute Gasteiger partial charge is 0.410 e. The van der Waals surface area contributed by atoms with Crippen molar-refractivity contribution in [2.24, 2.45) is 5.92 Å². The molecule has 0 aromatic heterocycles. The highest BCUT2D eigenvalue weighted by Crippen LogP contribution is 2.28. The molecule has 0 spiro atoms. The lowest BCUT2D eigenvalue weighted by atomic mass is 9.95. The van der Waals surface area contributed by atoms with Crippen molar-refractivity contribution in [3.63, 3.8) is 0 Å². The third kappa shape index (κ3) is 4.24. The van der Waals surface area contributed by atoms with Crippen molar-refractivity contribution in [3.8, 4) is 5.75 Å². The molecular formula is C18H25NO4. The number of hydrogen-bond donors (Lipinski definition) is 0. The predicted molar refractivity (Wildman–Crippen MR) is 88.0 cm³/mol. The normalized spacial score (nSPS) is 18.0. The Labute approximate surface area is 137 Å². The third-order valence-electron chi connectivity index (χ3n) is 3.83. The number of ketones is 1. The van der Waals surface area contributed by atoms with Gasteiger partial charge < -0.3 is 14.4 Å². The first-order valence-electron chi connectivity index (χ1n) is 7.88. The minimum atomic E-state index is -0.529. The predicted octanol–water partition coefficient (Wildman–Crippen LogP) is 3.44. The largest absolute Gasteiger partial charge is 0.496 e. The maximum atomic E-state index is 12.8. The number of Topliss-reactive ketones (excluding diaryl/α,β-unsaturated/α-hetero) is 1. The van der Waals surface area contributed by atoms with Crippen molar-refractivity contribution < 1.29 is 19.1 Å². The van der Waals surface area contributed by atoms with Crippen molar-refractivity contribution in [2.75, 3.05) is 20.2 Å². The van der Waals surface area contributed by atoms with Crippen LogP contribution in [0.2, 0.25) is 0 Å². The Morgan fingerprint density at radius 1 is 1.26 bits per heavy atom. The van der Waals surface area contributed by atoms with Gasteiger partial charge in [0.2, 0.25) is 0 Å². The molecule has 1 aromatic carbocycles. The zero-order valence-electron chi connectivity index (χ0n) is 14.5. The molecule has 0 radical (unpaired) electrons. The number of hydrogen-bond acceptors (Lipinski definition) is 4. The van der Waals surface area contributed by atoms with Crippen molar-refractivity contribution in [2.45, 2.75) is 39.7 Å². The van der Waals surface area contributed by atoms with Crippen LogP contribution in [0.25, 0.3) is 0 Å². The van der Waals surface area contributed by atoms with Gasteiger partial charge in [-0.3, -0.25) is 4.79 Å². The Morgan fingerprint density at radius 2 is 1.96 bits per heavy atom. The highest BCUT2D eigenvalue weighted by molar-refractivity contribution is 6.01. The van der Waals surface area contributed by atoms with Crippen LogP contribution < -0.4 is 4.74 Å². The molecule has 5 heteroatoms. The number of carbonyl (C=O) groups is 2. The first-order chi connectivity index (χ1) is 10.7. The average molecular weight is 319 g/mol. The Bertz CT molecular complexity index is 604. The molecule has 1 aliphatic heterocycles. The fraction of sp³-hybridized carbons (Fsp3) is 0.556. The van der Waals surface area contributed by atoms with Gasteiger partial charge in [-0.15, -0.1) is 0 Å². The summed E-state index contributed by atoms with van der Waals surface area (Å²) in [5, 5.41) is 0. The minimum absolute atomic E-state index is 0.0246. The van der Waals surface area contributed by atoms with Crippen LogP contribution in [0.5, 0.6) is 5.75 Å². The van der Waals surface area contributed by atoms with Gasteiger partial charge in [0.25, 0.3) is 0 Å². The van der Waals surface area contributed by atoms with Crippen molar-refractivity contribution >= 4 is 11.9 Å². The summed E-state index contributed by atoms with van der Waals surface area (Å²) >= 11 is 0. The van der Waals surface area contributed by atoms with Gasteiger partial charge in [-0.25, -0.2) is 4.79 Å². The molecule has 1 fully saturated rings. The molecule has 1 saturated heterocycles. The van der Waals surface area contributed by atoms with Crippen LogP contribution in [0.15, 0.2) is 18.2 Å². The summed E-state index contributed by atoms with van der Waals surface area (Å²) in [7, 11) is 1.56. The van der Waals surface area contributed by atoms with Gasteiger partial charge in [0, 0.05) is 19.0 Å². The first-order valence-corrected chi connectivity index (χ1v) is 7.88. The quantitative estimate of drug-likeness (QED) is 0.801. The molecule has 5 nitrogen and oxygen atoms in total. The summed E-state index contributed by atoms with van der Waals surface area (Å²) in [6.07, 6.45) is 0.291. The van der Waals surface area contributed by atoms with E-state index in [0.29, 0.717) is 30.8 Å². The van der Waals surface area contributed by atoms with E-state index in [9.17, 15) is 9.59 Å². The number of rotatable bonds is 3. The number of nitrogens with zero attached hydrogens (tertiary/aromatic N) is 1. The number of likely N-dealkylation sites (tertiary alicyclic amines) is 1. The summed E-state index contributed by atoms with van der Waals surface area (Å²) in [6, 6.07) is 5.57. The zero-order valence-corrected chi connectivity index (χ0v) is 14.5. The molecule has 0 aliphatic carbocycles. The molecule has 23 heavy (non-hydrogen) atoms. The SMILES string of the molecule is COc1ccc(C)cc1C(=O)C1CCN(C(=O)OC(C)(C)C)C1. The molecule has 1 unspecified atom stereocenters. The zero-order chi connectivity index (χ0) is 17.2. The second-order valence-corrected chi connectivity index (χ2v) is 6.98. The molecule has 0 N–H and O–H groups in total. The Hall–Kier alpha value is -2.04. The van der Waals surface area contributed by atoms with E-state index in [0.717, 1.165) is 5.56 Å². The van der Waals surface area contributed by atoms with Gasteiger partial charge in [0.1, 0.15) is 11.4 Å². The standard InChI is InChI=1S/C18H25NO4/c1-12-6-7-15(22-5)14(10-12)16(20)13-8-9-19(11-13)17(21)23-18(2,3)4/h6-7,10,13H,8-9,11H2,1-5H3. The molecule has 126 valence electrons. The summed E-state index contributed by atoms with van der Waals surface area (Å²) in [5.41, 5.74) is 1.07. The third-order valence-corrected chi connectivity index (χ3v) is 3.83. The molecule has 1 amide bonds. The summed E-state index contributed by atoms with van der Waals surface area (Å²) in [6.45, 7) is 8.38. The van der Waals surface area contributed by atoms with Crippen molar-refractivity contribution in [1.29, 1.82) is 0 Å². The van der Waals surface area contributed by atoms with E-state index in [4.69, 9.17) is 9.47 Å². The number of benzene rings is 1. The van der Waals surface area contributed by atoms with Crippen LogP contribution in [0.1, 0.15) is 43.1 Å². The minimum Gasteiger partial charge on any atom is -0.496 e. The van der Waals surface area contributed by atoms with E-state index >= 15 is 0 Å². The van der Waals surface area contributed by atoms with Gasteiger partial charge in [-0.05, 0) is 46.2 Å². The van der Waals surface area contributed by atoms with E-state index < -0.39 is 5.60 Å². The highest BCUT2D eigenvalue weighted by atomic mass is 16.6. The summed E-state index contributed by atoms with van der Waals surface area (Å²) in [5.74, 6) is 0.395. The molecule has 0 saturated carbocycles. The van der Waals surface area contributed by atoms with Gasteiger partial charge >= 0.3 is 6.09 Å². The van der Waals surface area contributed by atoms with E-state index in [-0.39, 0.29) is 17.8 Å². The van der Waals surface area contributed by atoms with Crippen LogP contribution in [0.4, 0.5) is 4.79 Å². The van der Waals surface area contributed by atoms with Crippen molar-refractivity contribution in [3.05, 3.63) is 29.3 Å². The number of aryl methyl sites for hydroxylation is 1. The maximum absolute atomic E-state index is 12.8. The number of carbonyl (C=O) groups excluding carboxylic acids is 2. The van der Waals surface area contributed by atoms with Crippen LogP contribution in [-0.2, 0) is 4.74 Å². The van der Waals surface area contributed by atoms with Gasteiger partial charge in [0.15, 0.2) is 5.78 Å². The fourth-order valence-corrected chi connectivity index (χ4v) is 2.70. The number of methoxy groups -OCH3 is 1. The van der Waals surface area contributed by atoms with Crippen LogP contribution in [0.3, 0.4) is 0 Å². The van der Waals surface area contributed by atoms with Crippen LogP contribution in [0, 0.1) is 12.8 Å². The first kappa shape index (κ1) is 17.3. The van der Waals surface area contributed by atoms with Gasteiger partial charge in [-0.2, -0.15) is 0 Å². The molecular weight excluding hydrogens is 294 g/mol. The second kappa shape index (κ2) is 6.60. The Morgan fingerprint density at radius 3 is 2.57 bits per heavy atom. The lowest BCUT2D eigenvalue weighted by molar-refractivity contribution is 0.0289. The Kier molecular flexibility index (Phi) is 4.97. The van der Waals surface area contributed by atoms with Gasteiger partial charge in [-0.1, -0.05) is 11.6 Å². The average Bonchev–Trinajstić information content (AvgIpc) is 2.94. The molecule has 1 aliphatic rings. The molecule has 0 bridgehead atoms. The topological polar surface area (TPSA) is 55.8 Å². The molecule has 1 atom stereocenters. The van der Waals surface area contributed by atoms with Crippen LogP contribution in [-0.4, -0.2) is 42.6 Å². The van der Waals surface area contributed by atoms with Crippen LogP contribution >= 0.6 is 0 Å². The van der Waals surface area contributed by atoms with E-state index in [1.54, 1.807) is 12.0 Å². The van der Waals surface area contributed by atoms with Gasteiger partial charge in [0.05, 0.1) is 12.7 Å². The lowest BCUT2D eigenvalue weighted by Gasteiger charge is -2.24. The van der Waals surface area contributed by atoms with E-state index in [1.165, 1.54) is 0 Å². The number of ether oxygens (including phenoxy) is 2. The maximum Gasteiger partial charge on any atom is 0.410 e. The summed E-state index contributed by atoms with van der Waals surface area (Å²) < 4.78 is 10.7. The van der Waals surface area contributed by atoms with Crippen molar-refractivity contribution in [1.82, 2.24) is 4.90 Å². The summed E-state index contributed by atoms with van der Waals surface area (Å²) in [4.78, 5) is 26.5. The monoisotopic (exact) mass is 319 g/mol. The molecule has 1 aromatic rings. The lowest BCUT2D eigenvalue weighted by Crippen LogP contribution is -2.35. The van der Waals surface area contributed by atoms with E-state index in [2.05, 4.69) is 0 Å². The molecule has 1 heterocycles. The highest BCUT2D eigenvalue weighted by Gasteiger charge is 2.34.